The maximum Gasteiger partial charge on any atom is 0.217 e. The number of aryl methyl sites for hydroxylation is 1. The molecule has 0 spiro atoms. The standard InChI is InChI=1S/C17H26N2O3S/c1-2-14-5-7-15(8-6-14)17-12-18-9-10-19(17)23(20,21)13-16-4-3-11-22-16/h5-8,16-18H,2-4,9-13H2,1H3. The Bertz CT molecular complexity index is 609. The van der Waals surface area contributed by atoms with E-state index in [4.69, 9.17) is 4.74 Å². The lowest BCUT2D eigenvalue weighted by Crippen LogP contribution is -2.50. The fraction of sp³-hybridized carbons (Fsp3) is 0.647. The van der Waals surface area contributed by atoms with Crippen molar-refractivity contribution in [3.63, 3.8) is 0 Å². The quantitative estimate of drug-likeness (QED) is 0.888. The van der Waals surface area contributed by atoms with E-state index in [1.165, 1.54) is 5.56 Å². The Hall–Kier alpha value is -0.950. The van der Waals surface area contributed by atoms with Crippen molar-refractivity contribution >= 4 is 10.0 Å². The van der Waals surface area contributed by atoms with Gasteiger partial charge in [0, 0.05) is 26.2 Å². The molecule has 2 aliphatic heterocycles. The molecule has 0 aromatic heterocycles. The number of piperazine rings is 1. The van der Waals surface area contributed by atoms with Gasteiger partial charge in [0.15, 0.2) is 0 Å². The first-order valence-electron chi connectivity index (χ1n) is 8.51. The van der Waals surface area contributed by atoms with Crippen LogP contribution in [0, 0.1) is 0 Å². The third kappa shape index (κ3) is 3.94. The lowest BCUT2D eigenvalue weighted by molar-refractivity contribution is 0.125. The van der Waals surface area contributed by atoms with Crippen molar-refractivity contribution in [3.05, 3.63) is 35.4 Å². The average molecular weight is 338 g/mol. The van der Waals surface area contributed by atoms with Crippen LogP contribution in [0.2, 0.25) is 0 Å². The zero-order valence-corrected chi connectivity index (χ0v) is 14.5. The van der Waals surface area contributed by atoms with Gasteiger partial charge in [-0.15, -0.1) is 0 Å². The molecule has 5 nitrogen and oxygen atoms in total. The highest BCUT2D eigenvalue weighted by Crippen LogP contribution is 2.27. The molecule has 128 valence electrons. The topological polar surface area (TPSA) is 58.6 Å². The largest absolute Gasteiger partial charge is 0.377 e. The average Bonchev–Trinajstić information content (AvgIpc) is 3.07. The van der Waals surface area contributed by atoms with Gasteiger partial charge in [0.05, 0.1) is 17.9 Å². The minimum absolute atomic E-state index is 0.108. The Kier molecular flexibility index (Phi) is 5.36. The van der Waals surface area contributed by atoms with Crippen LogP contribution in [0.3, 0.4) is 0 Å². The van der Waals surface area contributed by atoms with Gasteiger partial charge in [-0.1, -0.05) is 31.2 Å². The highest BCUT2D eigenvalue weighted by Gasteiger charge is 2.35. The number of sulfonamides is 1. The molecule has 2 atom stereocenters. The minimum atomic E-state index is -3.31. The third-order valence-corrected chi connectivity index (χ3v) is 6.69. The van der Waals surface area contributed by atoms with Crippen LogP contribution in [0.15, 0.2) is 24.3 Å². The predicted octanol–water partition coefficient (Wildman–Crippen LogP) is 1.70. The second kappa shape index (κ2) is 7.30. The summed E-state index contributed by atoms with van der Waals surface area (Å²) in [6.45, 7) is 4.69. The highest BCUT2D eigenvalue weighted by molar-refractivity contribution is 7.89. The summed E-state index contributed by atoms with van der Waals surface area (Å²) in [5.41, 5.74) is 2.33. The van der Waals surface area contributed by atoms with E-state index in [0.717, 1.165) is 24.8 Å². The third-order valence-electron chi connectivity index (χ3n) is 4.74. The maximum absolute atomic E-state index is 12.9. The summed E-state index contributed by atoms with van der Waals surface area (Å²) in [5, 5.41) is 3.32. The molecule has 2 aliphatic rings. The molecule has 6 heteroatoms. The van der Waals surface area contributed by atoms with Gasteiger partial charge in [0.1, 0.15) is 0 Å². The number of nitrogens with zero attached hydrogens (tertiary/aromatic N) is 1. The van der Waals surface area contributed by atoms with Gasteiger partial charge >= 0.3 is 0 Å². The Balaban J connectivity index is 1.79. The summed E-state index contributed by atoms with van der Waals surface area (Å²) in [6, 6.07) is 8.18. The van der Waals surface area contributed by atoms with E-state index in [1.54, 1.807) is 4.31 Å². The SMILES string of the molecule is CCc1ccc(C2CNCCN2S(=O)(=O)CC2CCCO2)cc1. The van der Waals surface area contributed by atoms with Crippen LogP contribution < -0.4 is 5.32 Å². The van der Waals surface area contributed by atoms with Crippen molar-refractivity contribution in [1.82, 2.24) is 9.62 Å². The molecular weight excluding hydrogens is 312 g/mol. The van der Waals surface area contributed by atoms with Crippen molar-refractivity contribution in [1.29, 1.82) is 0 Å². The van der Waals surface area contributed by atoms with Gasteiger partial charge in [0.2, 0.25) is 10.0 Å². The van der Waals surface area contributed by atoms with E-state index in [9.17, 15) is 8.42 Å². The summed E-state index contributed by atoms with van der Waals surface area (Å²) >= 11 is 0. The van der Waals surface area contributed by atoms with Crippen molar-refractivity contribution < 1.29 is 13.2 Å². The molecule has 0 amide bonds. The normalized spacial score (nSPS) is 26.5. The van der Waals surface area contributed by atoms with Crippen molar-refractivity contribution in [3.8, 4) is 0 Å². The Morgan fingerprint density at radius 3 is 2.74 bits per heavy atom. The number of nitrogens with one attached hydrogen (secondary N) is 1. The molecule has 3 rings (SSSR count). The summed E-state index contributed by atoms with van der Waals surface area (Å²) in [7, 11) is -3.31. The molecule has 0 aliphatic carbocycles. The van der Waals surface area contributed by atoms with Gasteiger partial charge in [-0.05, 0) is 30.4 Å². The first-order valence-corrected chi connectivity index (χ1v) is 10.1. The van der Waals surface area contributed by atoms with E-state index >= 15 is 0 Å². The number of rotatable bonds is 5. The molecule has 2 fully saturated rings. The number of hydrogen-bond acceptors (Lipinski definition) is 4. The van der Waals surface area contributed by atoms with E-state index in [1.807, 2.05) is 0 Å². The molecule has 0 saturated carbocycles. The molecule has 2 heterocycles. The molecule has 1 aromatic rings. The second-order valence-corrected chi connectivity index (χ2v) is 8.31. The molecule has 2 unspecified atom stereocenters. The van der Waals surface area contributed by atoms with E-state index in [2.05, 4.69) is 36.5 Å². The fourth-order valence-corrected chi connectivity index (χ4v) is 5.26. The molecule has 1 aromatic carbocycles. The summed E-state index contributed by atoms with van der Waals surface area (Å²) in [6.07, 6.45) is 2.66. The monoisotopic (exact) mass is 338 g/mol. The van der Waals surface area contributed by atoms with Crippen LogP contribution in [-0.2, 0) is 21.2 Å². The van der Waals surface area contributed by atoms with Crippen molar-refractivity contribution in [2.45, 2.75) is 38.3 Å². The van der Waals surface area contributed by atoms with Crippen molar-refractivity contribution in [2.75, 3.05) is 32.0 Å². The lowest BCUT2D eigenvalue weighted by atomic mass is 10.0. The van der Waals surface area contributed by atoms with Gasteiger partial charge in [0.25, 0.3) is 0 Å². The first-order chi connectivity index (χ1) is 11.1. The smallest absolute Gasteiger partial charge is 0.217 e. The van der Waals surface area contributed by atoms with Crippen LogP contribution in [0.4, 0.5) is 0 Å². The van der Waals surface area contributed by atoms with Gasteiger partial charge in [-0.3, -0.25) is 0 Å². The summed E-state index contributed by atoms with van der Waals surface area (Å²) in [4.78, 5) is 0. The number of ether oxygens (including phenoxy) is 1. The molecule has 2 saturated heterocycles. The number of benzene rings is 1. The first kappa shape index (κ1) is 16.9. The molecule has 0 bridgehead atoms. The fourth-order valence-electron chi connectivity index (χ4n) is 3.38. The van der Waals surface area contributed by atoms with Crippen LogP contribution >= 0.6 is 0 Å². The second-order valence-electron chi connectivity index (χ2n) is 6.34. The predicted molar refractivity (Wildman–Crippen MR) is 90.9 cm³/mol. The lowest BCUT2D eigenvalue weighted by Gasteiger charge is -2.36. The van der Waals surface area contributed by atoms with Gasteiger partial charge < -0.3 is 10.1 Å². The minimum Gasteiger partial charge on any atom is -0.377 e. The van der Waals surface area contributed by atoms with Crippen molar-refractivity contribution in [2.24, 2.45) is 0 Å². The Morgan fingerprint density at radius 1 is 1.30 bits per heavy atom. The van der Waals surface area contributed by atoms with E-state index < -0.39 is 10.0 Å². The maximum atomic E-state index is 12.9. The van der Waals surface area contributed by atoms with Crippen LogP contribution in [0.5, 0.6) is 0 Å². The van der Waals surface area contributed by atoms with Crippen LogP contribution in [-0.4, -0.2) is 50.8 Å². The molecule has 1 N–H and O–H groups in total. The van der Waals surface area contributed by atoms with Crippen LogP contribution in [0.25, 0.3) is 0 Å². The van der Waals surface area contributed by atoms with E-state index in [-0.39, 0.29) is 17.9 Å². The molecular formula is C17H26N2O3S. The molecule has 23 heavy (non-hydrogen) atoms. The zero-order chi connectivity index (χ0) is 16.3. The van der Waals surface area contributed by atoms with Crippen LogP contribution in [0.1, 0.15) is 36.9 Å². The molecule has 0 radical (unpaired) electrons. The Morgan fingerprint density at radius 2 is 2.09 bits per heavy atom. The van der Waals surface area contributed by atoms with Gasteiger partial charge in [-0.2, -0.15) is 4.31 Å². The number of hydrogen-bond donors (Lipinski definition) is 1. The Labute approximate surface area is 139 Å². The van der Waals surface area contributed by atoms with Gasteiger partial charge in [-0.25, -0.2) is 8.42 Å². The summed E-state index contributed by atoms with van der Waals surface area (Å²) in [5.74, 6) is 0.108. The summed E-state index contributed by atoms with van der Waals surface area (Å²) < 4.78 is 32.9. The zero-order valence-electron chi connectivity index (χ0n) is 13.7. The highest BCUT2D eigenvalue weighted by atomic mass is 32.2. The van der Waals surface area contributed by atoms with E-state index in [0.29, 0.717) is 26.2 Å².